The number of carbonyl (C=O) groups excluding carboxylic acids is 1. The van der Waals surface area contributed by atoms with Crippen molar-refractivity contribution in [2.24, 2.45) is 11.8 Å². The van der Waals surface area contributed by atoms with Gasteiger partial charge < -0.3 is 5.32 Å². The summed E-state index contributed by atoms with van der Waals surface area (Å²) in [5.74, 6) is 1.71. The fraction of sp³-hybridized carbons (Fsp3) is 0.444. The molecule has 2 fully saturated rings. The van der Waals surface area contributed by atoms with Crippen LogP contribution in [0.2, 0.25) is 0 Å². The summed E-state index contributed by atoms with van der Waals surface area (Å²) in [7, 11) is 0. The predicted molar refractivity (Wildman–Crippen MR) is 95.6 cm³/mol. The highest BCUT2D eigenvalue weighted by Gasteiger charge is 2.42. The van der Waals surface area contributed by atoms with Crippen LogP contribution in [0.1, 0.15) is 25.7 Å². The van der Waals surface area contributed by atoms with Gasteiger partial charge in [-0.2, -0.15) is 0 Å². The molecule has 2 saturated carbocycles. The molecule has 126 valence electrons. The summed E-state index contributed by atoms with van der Waals surface area (Å²) >= 11 is 3.00. The number of carbonyl (C=O) groups is 1. The molecule has 1 N–H and O–H groups in total. The lowest BCUT2D eigenvalue weighted by atomic mass is 10.1. The SMILES string of the molecule is O=C(CSc1nc(-c2ccc(F)cc2)cs1)NC(C1CC1)C1CC1. The minimum atomic E-state index is -0.249. The normalized spacial score (nSPS) is 17.2. The van der Waals surface area contributed by atoms with E-state index >= 15 is 0 Å². The molecule has 2 aromatic rings. The fourth-order valence-corrected chi connectivity index (χ4v) is 4.61. The highest BCUT2D eigenvalue weighted by atomic mass is 32.2. The highest BCUT2D eigenvalue weighted by molar-refractivity contribution is 8.01. The average molecular weight is 362 g/mol. The maximum absolute atomic E-state index is 13.0. The van der Waals surface area contributed by atoms with Crippen molar-refractivity contribution in [3.05, 3.63) is 35.5 Å². The number of nitrogens with one attached hydrogen (secondary N) is 1. The second-order valence-electron chi connectivity index (χ2n) is 6.56. The molecule has 2 aliphatic carbocycles. The smallest absolute Gasteiger partial charge is 0.230 e. The highest BCUT2D eigenvalue weighted by Crippen LogP contribution is 2.44. The van der Waals surface area contributed by atoms with Crippen molar-refractivity contribution in [1.29, 1.82) is 0 Å². The fourth-order valence-electron chi connectivity index (χ4n) is 2.96. The first-order valence-electron chi connectivity index (χ1n) is 8.32. The molecule has 1 amide bonds. The third kappa shape index (κ3) is 3.98. The van der Waals surface area contributed by atoms with E-state index in [0.717, 1.165) is 27.4 Å². The van der Waals surface area contributed by atoms with Crippen molar-refractivity contribution in [3.63, 3.8) is 0 Å². The third-order valence-corrected chi connectivity index (χ3v) is 6.56. The Morgan fingerprint density at radius 2 is 1.92 bits per heavy atom. The number of halogens is 1. The quantitative estimate of drug-likeness (QED) is 0.745. The predicted octanol–water partition coefficient (Wildman–Crippen LogP) is 4.35. The Kier molecular flexibility index (Phi) is 4.59. The zero-order valence-corrected chi connectivity index (χ0v) is 14.8. The summed E-state index contributed by atoms with van der Waals surface area (Å²) in [6.07, 6.45) is 5.06. The van der Waals surface area contributed by atoms with E-state index in [1.165, 1.54) is 60.9 Å². The molecule has 1 aromatic carbocycles. The summed E-state index contributed by atoms with van der Waals surface area (Å²) < 4.78 is 13.9. The second kappa shape index (κ2) is 6.84. The Labute approximate surface area is 149 Å². The van der Waals surface area contributed by atoms with Gasteiger partial charge in [-0.05, 0) is 61.8 Å². The van der Waals surface area contributed by atoms with Crippen LogP contribution in [0.15, 0.2) is 34.0 Å². The number of hydrogen-bond acceptors (Lipinski definition) is 4. The van der Waals surface area contributed by atoms with Crippen molar-refractivity contribution in [2.45, 2.75) is 36.1 Å². The van der Waals surface area contributed by atoms with E-state index in [-0.39, 0.29) is 11.7 Å². The van der Waals surface area contributed by atoms with Gasteiger partial charge in [-0.15, -0.1) is 11.3 Å². The van der Waals surface area contributed by atoms with Crippen LogP contribution < -0.4 is 5.32 Å². The molecule has 2 aliphatic rings. The van der Waals surface area contributed by atoms with Gasteiger partial charge in [0.15, 0.2) is 4.34 Å². The Bertz CT molecular complexity index is 711. The van der Waals surface area contributed by atoms with Gasteiger partial charge in [0.05, 0.1) is 11.4 Å². The first kappa shape index (κ1) is 16.1. The molecule has 4 rings (SSSR count). The van der Waals surface area contributed by atoms with E-state index in [1.807, 2.05) is 5.38 Å². The van der Waals surface area contributed by atoms with Crippen LogP contribution in [0.4, 0.5) is 4.39 Å². The third-order valence-electron chi connectivity index (χ3n) is 4.54. The maximum atomic E-state index is 13.0. The summed E-state index contributed by atoms with van der Waals surface area (Å²) in [5.41, 5.74) is 1.73. The standard InChI is InChI=1S/C18H19FN2OS2/c19-14-7-5-11(6-8-14)15-9-23-18(20-15)24-10-16(22)21-17(12-1-2-12)13-3-4-13/h5-9,12-13,17H,1-4,10H2,(H,21,22). The van der Waals surface area contributed by atoms with Gasteiger partial charge in [0.25, 0.3) is 0 Å². The number of thioether (sulfide) groups is 1. The lowest BCUT2D eigenvalue weighted by Crippen LogP contribution is -2.39. The van der Waals surface area contributed by atoms with Gasteiger partial charge in [-0.1, -0.05) is 11.8 Å². The molecule has 0 radical (unpaired) electrons. The first-order chi connectivity index (χ1) is 11.7. The Morgan fingerprint density at radius 3 is 2.54 bits per heavy atom. The summed E-state index contributed by atoms with van der Waals surface area (Å²) in [4.78, 5) is 16.7. The molecule has 1 aromatic heterocycles. The van der Waals surface area contributed by atoms with Crippen LogP contribution >= 0.6 is 23.1 Å². The molecular weight excluding hydrogens is 343 g/mol. The van der Waals surface area contributed by atoms with Gasteiger partial charge in [-0.25, -0.2) is 9.37 Å². The molecule has 3 nitrogen and oxygen atoms in total. The van der Waals surface area contributed by atoms with Crippen molar-refractivity contribution >= 4 is 29.0 Å². The maximum Gasteiger partial charge on any atom is 0.230 e. The molecule has 0 unspecified atom stereocenters. The van der Waals surface area contributed by atoms with E-state index in [1.54, 1.807) is 12.1 Å². The van der Waals surface area contributed by atoms with Crippen LogP contribution in [0.5, 0.6) is 0 Å². The minimum Gasteiger partial charge on any atom is -0.352 e. The minimum absolute atomic E-state index is 0.113. The largest absolute Gasteiger partial charge is 0.352 e. The van der Waals surface area contributed by atoms with Gasteiger partial charge >= 0.3 is 0 Å². The van der Waals surface area contributed by atoms with E-state index in [2.05, 4.69) is 10.3 Å². The summed E-state index contributed by atoms with van der Waals surface area (Å²) in [6.45, 7) is 0. The first-order valence-corrected chi connectivity index (χ1v) is 10.2. The number of thiazole rings is 1. The van der Waals surface area contributed by atoms with Crippen LogP contribution in [-0.2, 0) is 4.79 Å². The van der Waals surface area contributed by atoms with E-state index in [9.17, 15) is 9.18 Å². The van der Waals surface area contributed by atoms with Crippen molar-refractivity contribution in [1.82, 2.24) is 10.3 Å². The van der Waals surface area contributed by atoms with Crippen LogP contribution in [-0.4, -0.2) is 22.7 Å². The number of aromatic nitrogens is 1. The van der Waals surface area contributed by atoms with Crippen molar-refractivity contribution < 1.29 is 9.18 Å². The molecule has 1 heterocycles. The molecule has 0 saturated heterocycles. The Balaban J connectivity index is 1.31. The lowest BCUT2D eigenvalue weighted by Gasteiger charge is -2.17. The van der Waals surface area contributed by atoms with Crippen LogP contribution in [0.3, 0.4) is 0 Å². The van der Waals surface area contributed by atoms with Crippen LogP contribution in [0, 0.1) is 17.7 Å². The number of hydrogen-bond donors (Lipinski definition) is 1. The summed E-state index contributed by atoms with van der Waals surface area (Å²) in [5, 5.41) is 5.18. The average Bonchev–Trinajstić information content (AvgIpc) is 3.50. The van der Waals surface area contributed by atoms with Crippen molar-refractivity contribution in [3.8, 4) is 11.3 Å². The van der Waals surface area contributed by atoms with Gasteiger partial charge in [0.1, 0.15) is 5.82 Å². The van der Waals surface area contributed by atoms with Crippen LogP contribution in [0.25, 0.3) is 11.3 Å². The van der Waals surface area contributed by atoms with E-state index < -0.39 is 0 Å². The van der Waals surface area contributed by atoms with E-state index in [4.69, 9.17) is 0 Å². The Morgan fingerprint density at radius 1 is 1.25 bits per heavy atom. The van der Waals surface area contributed by atoms with Crippen molar-refractivity contribution in [2.75, 3.05) is 5.75 Å². The molecule has 0 aliphatic heterocycles. The number of nitrogens with zero attached hydrogens (tertiary/aromatic N) is 1. The Hall–Kier alpha value is -1.40. The molecule has 6 heteroatoms. The summed E-state index contributed by atoms with van der Waals surface area (Å²) in [6, 6.07) is 6.72. The lowest BCUT2D eigenvalue weighted by molar-refractivity contribution is -0.119. The molecule has 0 atom stereocenters. The number of amides is 1. The van der Waals surface area contributed by atoms with E-state index in [0.29, 0.717) is 11.8 Å². The zero-order valence-electron chi connectivity index (χ0n) is 13.2. The molecule has 24 heavy (non-hydrogen) atoms. The van der Waals surface area contributed by atoms with Gasteiger partial charge in [0.2, 0.25) is 5.91 Å². The zero-order chi connectivity index (χ0) is 16.5. The van der Waals surface area contributed by atoms with Gasteiger partial charge in [-0.3, -0.25) is 4.79 Å². The topological polar surface area (TPSA) is 42.0 Å². The second-order valence-corrected chi connectivity index (χ2v) is 8.64. The molecular formula is C18H19FN2OS2. The monoisotopic (exact) mass is 362 g/mol. The number of benzene rings is 1. The van der Waals surface area contributed by atoms with Gasteiger partial charge in [0, 0.05) is 17.0 Å². The number of rotatable bonds is 7. The molecule has 0 bridgehead atoms. The molecule has 0 spiro atoms.